The molecule has 84 valence electrons. The maximum atomic E-state index is 9.74. The van der Waals surface area contributed by atoms with Crippen molar-refractivity contribution in [3.8, 4) is 0 Å². The fourth-order valence-electron chi connectivity index (χ4n) is 2.63. The lowest BCUT2D eigenvalue weighted by Crippen LogP contribution is -2.37. The third kappa shape index (κ3) is 1.52. The van der Waals surface area contributed by atoms with Gasteiger partial charge in [0.15, 0.2) is 0 Å². The fourth-order valence-corrected chi connectivity index (χ4v) is 2.63. The first-order chi connectivity index (χ1) is 7.59. The van der Waals surface area contributed by atoms with Gasteiger partial charge in [0.25, 0.3) is 0 Å². The molecule has 1 N–H and O–H groups in total. The van der Waals surface area contributed by atoms with E-state index in [-0.39, 0.29) is 17.9 Å². The van der Waals surface area contributed by atoms with Gasteiger partial charge in [0, 0.05) is 11.3 Å². The molecule has 16 heavy (non-hydrogen) atoms. The van der Waals surface area contributed by atoms with E-state index in [0.29, 0.717) is 0 Å². The molecule has 0 bridgehead atoms. The summed E-state index contributed by atoms with van der Waals surface area (Å²) >= 11 is 0. The van der Waals surface area contributed by atoms with Gasteiger partial charge in [-0.25, -0.2) is 0 Å². The average molecular weight is 214 g/mol. The Labute approximate surface area is 97.1 Å². The number of allylic oxidation sites excluding steroid dienone is 2. The predicted octanol–water partition coefficient (Wildman–Crippen LogP) is 3.16. The van der Waals surface area contributed by atoms with E-state index >= 15 is 0 Å². The molecule has 2 atom stereocenters. The first-order valence-corrected chi connectivity index (χ1v) is 5.63. The number of fused-ring (bicyclic) bond motifs is 1. The highest BCUT2D eigenvalue weighted by Crippen LogP contribution is 2.42. The Bertz CT molecular complexity index is 445. The Morgan fingerprint density at radius 3 is 2.75 bits per heavy atom. The van der Waals surface area contributed by atoms with Crippen molar-refractivity contribution in [3.63, 3.8) is 0 Å². The Morgan fingerprint density at radius 1 is 1.44 bits per heavy atom. The number of aliphatic hydroxyl groups excluding tert-OH is 1. The van der Waals surface area contributed by atoms with E-state index in [0.717, 1.165) is 5.57 Å². The first kappa shape index (κ1) is 11.2. The maximum Gasteiger partial charge on any atom is 0.0534 e. The molecule has 0 amide bonds. The van der Waals surface area contributed by atoms with Crippen LogP contribution in [0.4, 0.5) is 0 Å². The molecule has 1 aromatic carbocycles. The quantitative estimate of drug-likeness (QED) is 0.750. The number of hydrogen-bond acceptors (Lipinski definition) is 1. The summed E-state index contributed by atoms with van der Waals surface area (Å²) in [6.07, 6.45) is 4.28. The zero-order valence-corrected chi connectivity index (χ0v) is 9.90. The van der Waals surface area contributed by atoms with Crippen LogP contribution < -0.4 is 0 Å². The van der Waals surface area contributed by atoms with Gasteiger partial charge >= 0.3 is 0 Å². The summed E-state index contributed by atoms with van der Waals surface area (Å²) in [5.74, 6) is 0.215. The number of benzene rings is 1. The van der Waals surface area contributed by atoms with Crippen LogP contribution >= 0.6 is 0 Å². The van der Waals surface area contributed by atoms with Crippen molar-refractivity contribution >= 4 is 6.08 Å². The van der Waals surface area contributed by atoms with Crippen molar-refractivity contribution in [2.24, 2.45) is 5.92 Å². The summed E-state index contributed by atoms with van der Waals surface area (Å²) in [6, 6.07) is 8.25. The molecular formula is C15H18O. The van der Waals surface area contributed by atoms with E-state index < -0.39 is 0 Å². The minimum absolute atomic E-state index is 0.145. The molecule has 1 heteroatoms. The molecule has 0 unspecified atom stereocenters. The van der Waals surface area contributed by atoms with Gasteiger partial charge in [0.05, 0.1) is 6.61 Å². The van der Waals surface area contributed by atoms with Crippen LogP contribution in [0.25, 0.3) is 6.08 Å². The Balaban J connectivity index is 2.59. The van der Waals surface area contributed by atoms with Crippen molar-refractivity contribution in [1.82, 2.24) is 0 Å². The smallest absolute Gasteiger partial charge is 0.0534 e. The van der Waals surface area contributed by atoms with Gasteiger partial charge in [-0.05, 0) is 18.1 Å². The molecular weight excluding hydrogens is 196 g/mol. The Kier molecular flexibility index (Phi) is 2.73. The SMILES string of the molecule is C=C(C)[C@@H]1C=Cc2ccccc2[C@]1(C)CO. The minimum Gasteiger partial charge on any atom is -0.395 e. The van der Waals surface area contributed by atoms with Crippen molar-refractivity contribution in [3.05, 3.63) is 53.6 Å². The molecule has 0 heterocycles. The lowest BCUT2D eigenvalue weighted by atomic mass is 9.66. The molecule has 1 aromatic rings. The molecule has 0 radical (unpaired) electrons. The summed E-state index contributed by atoms with van der Waals surface area (Å²) in [7, 11) is 0. The molecule has 0 aliphatic heterocycles. The molecule has 0 saturated carbocycles. The monoisotopic (exact) mass is 214 g/mol. The van der Waals surface area contributed by atoms with Crippen molar-refractivity contribution in [2.45, 2.75) is 19.3 Å². The second-order valence-electron chi connectivity index (χ2n) is 4.85. The van der Waals surface area contributed by atoms with Crippen LogP contribution in [-0.2, 0) is 5.41 Å². The molecule has 2 rings (SSSR count). The first-order valence-electron chi connectivity index (χ1n) is 5.63. The highest BCUT2D eigenvalue weighted by atomic mass is 16.3. The number of aliphatic hydroxyl groups is 1. The van der Waals surface area contributed by atoms with E-state index in [2.05, 4.69) is 37.8 Å². The molecule has 0 fully saturated rings. The number of hydrogen-bond donors (Lipinski definition) is 1. The fraction of sp³-hybridized carbons (Fsp3) is 0.333. The van der Waals surface area contributed by atoms with E-state index in [9.17, 15) is 5.11 Å². The van der Waals surface area contributed by atoms with Gasteiger partial charge in [-0.15, -0.1) is 0 Å². The van der Waals surface area contributed by atoms with Crippen LogP contribution in [0.3, 0.4) is 0 Å². The Morgan fingerprint density at radius 2 is 2.12 bits per heavy atom. The molecule has 1 aliphatic carbocycles. The Hall–Kier alpha value is -1.34. The van der Waals surface area contributed by atoms with Crippen LogP contribution in [0.2, 0.25) is 0 Å². The van der Waals surface area contributed by atoms with Gasteiger partial charge in [-0.3, -0.25) is 0 Å². The van der Waals surface area contributed by atoms with Crippen LogP contribution in [-0.4, -0.2) is 11.7 Å². The summed E-state index contributed by atoms with van der Waals surface area (Å²) in [5.41, 5.74) is 3.28. The summed E-state index contributed by atoms with van der Waals surface area (Å²) in [5, 5.41) is 9.74. The summed E-state index contributed by atoms with van der Waals surface area (Å²) in [6.45, 7) is 8.31. The van der Waals surface area contributed by atoms with Gasteiger partial charge in [0.1, 0.15) is 0 Å². The average Bonchev–Trinajstić information content (AvgIpc) is 2.29. The van der Waals surface area contributed by atoms with Gasteiger partial charge in [0.2, 0.25) is 0 Å². The van der Waals surface area contributed by atoms with Crippen molar-refractivity contribution in [1.29, 1.82) is 0 Å². The van der Waals surface area contributed by atoms with Crippen molar-refractivity contribution < 1.29 is 5.11 Å². The molecule has 0 spiro atoms. The zero-order valence-electron chi connectivity index (χ0n) is 9.90. The van der Waals surface area contributed by atoms with E-state index in [1.807, 2.05) is 19.1 Å². The van der Waals surface area contributed by atoms with Crippen LogP contribution in [0.5, 0.6) is 0 Å². The van der Waals surface area contributed by atoms with Crippen LogP contribution in [0.1, 0.15) is 25.0 Å². The third-order valence-electron chi connectivity index (χ3n) is 3.59. The molecule has 1 nitrogen and oxygen atoms in total. The van der Waals surface area contributed by atoms with Crippen LogP contribution in [0.15, 0.2) is 42.5 Å². The van der Waals surface area contributed by atoms with Crippen LogP contribution in [0, 0.1) is 5.92 Å². The normalized spacial score (nSPS) is 27.6. The van der Waals surface area contributed by atoms with Gasteiger partial charge in [-0.1, -0.05) is 55.5 Å². The zero-order chi connectivity index (χ0) is 11.8. The maximum absolute atomic E-state index is 9.74. The highest BCUT2D eigenvalue weighted by Gasteiger charge is 2.37. The van der Waals surface area contributed by atoms with Crippen molar-refractivity contribution in [2.75, 3.05) is 6.61 Å². The second-order valence-corrected chi connectivity index (χ2v) is 4.85. The lowest BCUT2D eigenvalue weighted by molar-refractivity contribution is 0.180. The lowest BCUT2D eigenvalue weighted by Gasteiger charge is -2.39. The molecule has 1 aliphatic rings. The summed E-state index contributed by atoms with van der Waals surface area (Å²) in [4.78, 5) is 0. The van der Waals surface area contributed by atoms with E-state index in [1.54, 1.807) is 0 Å². The highest BCUT2D eigenvalue weighted by molar-refractivity contribution is 5.61. The third-order valence-corrected chi connectivity index (χ3v) is 3.59. The van der Waals surface area contributed by atoms with E-state index in [4.69, 9.17) is 0 Å². The standard InChI is InChI=1S/C15H18O/c1-11(2)13-9-8-12-6-4-5-7-14(12)15(13,3)10-16/h4-9,13,16H,1,10H2,2-3H3/t13-,15+/m0/s1. The van der Waals surface area contributed by atoms with Gasteiger partial charge in [-0.2, -0.15) is 0 Å². The second kappa shape index (κ2) is 3.91. The summed E-state index contributed by atoms with van der Waals surface area (Å²) < 4.78 is 0. The largest absolute Gasteiger partial charge is 0.395 e. The number of rotatable bonds is 2. The predicted molar refractivity (Wildman–Crippen MR) is 68.2 cm³/mol. The molecule has 0 aromatic heterocycles. The topological polar surface area (TPSA) is 20.2 Å². The molecule has 0 saturated heterocycles. The van der Waals surface area contributed by atoms with E-state index in [1.165, 1.54) is 11.1 Å². The minimum atomic E-state index is -0.239. The van der Waals surface area contributed by atoms with Gasteiger partial charge < -0.3 is 5.11 Å².